The lowest BCUT2D eigenvalue weighted by Crippen LogP contribution is -1.96. The van der Waals surface area contributed by atoms with Crippen molar-refractivity contribution >= 4 is 16.6 Å². The first-order valence-corrected chi connectivity index (χ1v) is 4.63. The SMILES string of the molecule is COc1cc2ncc(F)c(N)c2cc1OC. The fourth-order valence-corrected chi connectivity index (χ4v) is 1.52. The summed E-state index contributed by atoms with van der Waals surface area (Å²) >= 11 is 0. The van der Waals surface area contributed by atoms with Gasteiger partial charge in [0.25, 0.3) is 0 Å². The Balaban J connectivity index is 2.78. The van der Waals surface area contributed by atoms with Crippen LogP contribution in [0.5, 0.6) is 11.5 Å². The first kappa shape index (κ1) is 10.5. The zero-order valence-electron chi connectivity index (χ0n) is 8.95. The molecule has 0 aliphatic heterocycles. The standard InChI is InChI=1S/C11H11FN2O2/c1-15-9-3-6-8(4-10(9)16-2)14-5-7(12)11(6)13/h3-5H,1-2H3,(H2,13,14). The van der Waals surface area contributed by atoms with Crippen molar-refractivity contribution in [3.8, 4) is 11.5 Å². The molecule has 0 atom stereocenters. The van der Waals surface area contributed by atoms with Gasteiger partial charge in [-0.1, -0.05) is 0 Å². The predicted octanol–water partition coefficient (Wildman–Crippen LogP) is 1.97. The van der Waals surface area contributed by atoms with E-state index < -0.39 is 5.82 Å². The molecule has 16 heavy (non-hydrogen) atoms. The van der Waals surface area contributed by atoms with Crippen LogP contribution in [0.4, 0.5) is 10.1 Å². The summed E-state index contributed by atoms with van der Waals surface area (Å²) in [6.07, 6.45) is 1.09. The molecule has 0 amide bonds. The van der Waals surface area contributed by atoms with E-state index in [9.17, 15) is 4.39 Å². The van der Waals surface area contributed by atoms with E-state index in [4.69, 9.17) is 15.2 Å². The van der Waals surface area contributed by atoms with Gasteiger partial charge in [0.1, 0.15) is 0 Å². The maximum absolute atomic E-state index is 13.2. The van der Waals surface area contributed by atoms with Crippen LogP contribution in [0.3, 0.4) is 0 Å². The van der Waals surface area contributed by atoms with Crippen molar-refractivity contribution in [2.45, 2.75) is 0 Å². The Hall–Kier alpha value is -2.04. The Morgan fingerprint density at radius 3 is 2.44 bits per heavy atom. The van der Waals surface area contributed by atoms with Crippen LogP contribution >= 0.6 is 0 Å². The molecule has 4 nitrogen and oxygen atoms in total. The number of anilines is 1. The van der Waals surface area contributed by atoms with E-state index in [1.165, 1.54) is 14.2 Å². The Morgan fingerprint density at radius 1 is 1.19 bits per heavy atom. The minimum absolute atomic E-state index is 0.0611. The summed E-state index contributed by atoms with van der Waals surface area (Å²) in [5.41, 5.74) is 6.25. The zero-order chi connectivity index (χ0) is 11.7. The van der Waals surface area contributed by atoms with Crippen molar-refractivity contribution in [2.24, 2.45) is 0 Å². The Labute approximate surface area is 91.8 Å². The van der Waals surface area contributed by atoms with Crippen molar-refractivity contribution < 1.29 is 13.9 Å². The topological polar surface area (TPSA) is 57.4 Å². The molecule has 0 saturated heterocycles. The van der Waals surface area contributed by atoms with Gasteiger partial charge in [-0.15, -0.1) is 0 Å². The fourth-order valence-electron chi connectivity index (χ4n) is 1.52. The number of benzene rings is 1. The van der Waals surface area contributed by atoms with E-state index in [-0.39, 0.29) is 5.69 Å². The summed E-state index contributed by atoms with van der Waals surface area (Å²) in [5, 5.41) is 0.512. The average Bonchev–Trinajstić information content (AvgIpc) is 2.32. The molecule has 84 valence electrons. The quantitative estimate of drug-likeness (QED) is 0.844. The maximum Gasteiger partial charge on any atom is 0.164 e. The van der Waals surface area contributed by atoms with Gasteiger partial charge in [-0.25, -0.2) is 4.39 Å². The third kappa shape index (κ3) is 1.50. The molecule has 0 spiro atoms. The number of rotatable bonds is 2. The van der Waals surface area contributed by atoms with Gasteiger partial charge in [-0.05, 0) is 6.07 Å². The first-order valence-electron chi connectivity index (χ1n) is 4.63. The van der Waals surface area contributed by atoms with Gasteiger partial charge in [0.2, 0.25) is 0 Å². The number of ether oxygens (including phenoxy) is 2. The summed E-state index contributed by atoms with van der Waals surface area (Å²) < 4.78 is 23.4. The molecule has 1 aromatic carbocycles. The third-order valence-corrected chi connectivity index (χ3v) is 2.37. The maximum atomic E-state index is 13.2. The largest absolute Gasteiger partial charge is 0.493 e. The number of aromatic nitrogens is 1. The predicted molar refractivity (Wildman–Crippen MR) is 59.2 cm³/mol. The smallest absolute Gasteiger partial charge is 0.164 e. The highest BCUT2D eigenvalue weighted by atomic mass is 19.1. The molecule has 0 bridgehead atoms. The lowest BCUT2D eigenvalue weighted by molar-refractivity contribution is 0.356. The minimum Gasteiger partial charge on any atom is -0.493 e. The van der Waals surface area contributed by atoms with Gasteiger partial charge >= 0.3 is 0 Å². The van der Waals surface area contributed by atoms with E-state index in [2.05, 4.69) is 4.98 Å². The number of halogens is 1. The van der Waals surface area contributed by atoms with Gasteiger partial charge in [-0.2, -0.15) is 0 Å². The second-order valence-electron chi connectivity index (χ2n) is 3.24. The first-order chi connectivity index (χ1) is 7.67. The van der Waals surface area contributed by atoms with Crippen molar-refractivity contribution in [3.05, 3.63) is 24.1 Å². The van der Waals surface area contributed by atoms with Crippen molar-refractivity contribution in [1.29, 1.82) is 0 Å². The van der Waals surface area contributed by atoms with Crippen LogP contribution in [0.2, 0.25) is 0 Å². The summed E-state index contributed by atoms with van der Waals surface area (Å²) in [6, 6.07) is 3.27. The van der Waals surface area contributed by atoms with Crippen molar-refractivity contribution in [2.75, 3.05) is 20.0 Å². The molecule has 0 aliphatic carbocycles. The van der Waals surface area contributed by atoms with E-state index >= 15 is 0 Å². The van der Waals surface area contributed by atoms with Gasteiger partial charge in [0, 0.05) is 11.5 Å². The lowest BCUT2D eigenvalue weighted by Gasteiger charge is -2.10. The molecule has 1 aromatic heterocycles. The van der Waals surface area contributed by atoms with Gasteiger partial charge < -0.3 is 15.2 Å². The normalized spacial score (nSPS) is 10.4. The number of hydrogen-bond acceptors (Lipinski definition) is 4. The molecule has 2 N–H and O–H groups in total. The molecule has 2 aromatic rings. The Bertz CT molecular complexity index is 543. The highest BCUT2D eigenvalue weighted by Gasteiger charge is 2.11. The van der Waals surface area contributed by atoms with Crippen molar-refractivity contribution in [3.63, 3.8) is 0 Å². The molecular formula is C11H11FN2O2. The Kier molecular flexibility index (Phi) is 2.52. The van der Waals surface area contributed by atoms with Gasteiger partial charge in [-0.3, -0.25) is 4.98 Å². The molecule has 5 heteroatoms. The van der Waals surface area contributed by atoms with Crippen LogP contribution < -0.4 is 15.2 Å². The van der Waals surface area contributed by atoms with Crippen LogP contribution in [-0.2, 0) is 0 Å². The van der Waals surface area contributed by atoms with Gasteiger partial charge in [0.05, 0.1) is 31.6 Å². The van der Waals surface area contributed by atoms with E-state index in [1.807, 2.05) is 0 Å². The molecular weight excluding hydrogens is 211 g/mol. The number of pyridine rings is 1. The van der Waals surface area contributed by atoms with E-state index in [0.717, 1.165) is 6.20 Å². The number of fused-ring (bicyclic) bond motifs is 1. The summed E-state index contributed by atoms with van der Waals surface area (Å²) in [7, 11) is 3.03. The Morgan fingerprint density at radius 2 is 1.81 bits per heavy atom. The third-order valence-electron chi connectivity index (χ3n) is 2.37. The van der Waals surface area contributed by atoms with E-state index in [1.54, 1.807) is 12.1 Å². The lowest BCUT2D eigenvalue weighted by atomic mass is 10.1. The molecule has 0 saturated carbocycles. The van der Waals surface area contributed by atoms with Crippen LogP contribution in [0, 0.1) is 5.82 Å². The number of methoxy groups -OCH3 is 2. The highest BCUT2D eigenvalue weighted by molar-refractivity contribution is 5.92. The number of hydrogen-bond donors (Lipinski definition) is 1. The van der Waals surface area contributed by atoms with Crippen LogP contribution in [0.15, 0.2) is 18.3 Å². The van der Waals surface area contributed by atoms with Crippen LogP contribution in [-0.4, -0.2) is 19.2 Å². The second kappa shape index (κ2) is 3.84. The van der Waals surface area contributed by atoms with E-state index in [0.29, 0.717) is 22.4 Å². The average molecular weight is 222 g/mol. The second-order valence-corrected chi connectivity index (χ2v) is 3.24. The summed E-state index contributed by atoms with van der Waals surface area (Å²) in [5.74, 6) is 0.488. The number of nitrogens with two attached hydrogens (primary N) is 1. The van der Waals surface area contributed by atoms with Crippen LogP contribution in [0.25, 0.3) is 10.9 Å². The number of nitrogens with zero attached hydrogens (tertiary/aromatic N) is 1. The number of nitrogen functional groups attached to an aromatic ring is 1. The van der Waals surface area contributed by atoms with Crippen LogP contribution in [0.1, 0.15) is 0 Å². The molecule has 0 fully saturated rings. The molecule has 2 rings (SSSR count). The molecule has 0 aliphatic rings. The monoisotopic (exact) mass is 222 g/mol. The molecule has 1 heterocycles. The van der Waals surface area contributed by atoms with Crippen molar-refractivity contribution in [1.82, 2.24) is 4.98 Å². The highest BCUT2D eigenvalue weighted by Crippen LogP contribution is 2.34. The molecule has 0 radical (unpaired) electrons. The summed E-state index contributed by atoms with van der Waals surface area (Å²) in [4.78, 5) is 3.94. The molecule has 0 unspecified atom stereocenters. The van der Waals surface area contributed by atoms with Gasteiger partial charge in [0.15, 0.2) is 17.3 Å². The fraction of sp³-hybridized carbons (Fsp3) is 0.182. The minimum atomic E-state index is -0.542. The zero-order valence-corrected chi connectivity index (χ0v) is 8.95. The summed E-state index contributed by atoms with van der Waals surface area (Å²) in [6.45, 7) is 0.